The second kappa shape index (κ2) is 10.7. The van der Waals surface area contributed by atoms with Crippen molar-refractivity contribution in [3.8, 4) is 11.5 Å². The second-order valence-electron chi connectivity index (χ2n) is 7.32. The van der Waals surface area contributed by atoms with E-state index in [-0.39, 0.29) is 12.1 Å². The Morgan fingerprint density at radius 3 is 2.48 bits per heavy atom. The lowest BCUT2D eigenvalue weighted by Crippen LogP contribution is -2.43. The van der Waals surface area contributed by atoms with Crippen LogP contribution >= 0.6 is 0 Å². The molecule has 1 aromatic carbocycles. The Kier molecular flexibility index (Phi) is 8.36. The van der Waals surface area contributed by atoms with Crippen molar-refractivity contribution in [2.24, 2.45) is 12.0 Å². The molecule has 0 radical (unpaired) electrons. The Morgan fingerprint density at radius 1 is 1.21 bits per heavy atom. The number of nitrogens with zero attached hydrogens (tertiary/aromatic N) is 3. The van der Waals surface area contributed by atoms with Gasteiger partial charge in [-0.1, -0.05) is 12.1 Å². The molecule has 0 fully saturated rings. The fourth-order valence-electron chi connectivity index (χ4n) is 3.21. The number of hydrogen-bond donors (Lipinski definition) is 2. The second-order valence-corrected chi connectivity index (χ2v) is 7.32. The molecule has 2 rings (SSSR count). The molecule has 7 nitrogen and oxygen atoms in total. The maximum absolute atomic E-state index is 6.00. The Balaban J connectivity index is 1.97. The molecule has 2 N–H and O–H groups in total. The van der Waals surface area contributed by atoms with Crippen molar-refractivity contribution in [3.63, 3.8) is 0 Å². The highest BCUT2D eigenvalue weighted by Gasteiger charge is 2.14. The minimum Gasteiger partial charge on any atom is -0.493 e. The van der Waals surface area contributed by atoms with Gasteiger partial charge in [-0.05, 0) is 58.7 Å². The number of nitrogens with one attached hydrogen (secondary N) is 2. The van der Waals surface area contributed by atoms with Crippen LogP contribution in [0.5, 0.6) is 11.5 Å². The van der Waals surface area contributed by atoms with Gasteiger partial charge in [0.25, 0.3) is 0 Å². The van der Waals surface area contributed by atoms with Crippen molar-refractivity contribution in [1.82, 2.24) is 20.4 Å². The maximum atomic E-state index is 6.00. The summed E-state index contributed by atoms with van der Waals surface area (Å²) in [5, 5.41) is 11.3. The van der Waals surface area contributed by atoms with E-state index >= 15 is 0 Å². The van der Waals surface area contributed by atoms with Crippen LogP contribution in [0, 0.1) is 13.8 Å². The fourth-order valence-corrected chi connectivity index (χ4v) is 3.21. The van der Waals surface area contributed by atoms with E-state index in [0.717, 1.165) is 36.1 Å². The van der Waals surface area contributed by atoms with Crippen LogP contribution in [0.15, 0.2) is 29.3 Å². The summed E-state index contributed by atoms with van der Waals surface area (Å²) in [5.74, 6) is 2.24. The standard InChI is InChI=1S/C22H35N5O2/c1-8-23-22(25-15(2)13-19-17(4)26-27(6)18(19)5)24-14-16(3)29-21-12-10-9-11-20(21)28-7/h9-12,15-16H,8,13-14H2,1-7H3,(H2,23,24,25). The molecular formula is C22H35N5O2. The highest BCUT2D eigenvalue weighted by molar-refractivity contribution is 5.80. The van der Waals surface area contributed by atoms with Crippen LogP contribution in [-0.2, 0) is 13.5 Å². The highest BCUT2D eigenvalue weighted by Crippen LogP contribution is 2.26. The van der Waals surface area contributed by atoms with E-state index in [1.165, 1.54) is 11.3 Å². The number of rotatable bonds is 9. The van der Waals surface area contributed by atoms with Gasteiger partial charge < -0.3 is 20.1 Å². The molecule has 0 saturated heterocycles. The average Bonchev–Trinajstić information content (AvgIpc) is 2.92. The quantitative estimate of drug-likeness (QED) is 0.499. The topological polar surface area (TPSA) is 72.7 Å². The van der Waals surface area contributed by atoms with Gasteiger partial charge in [-0.2, -0.15) is 5.10 Å². The van der Waals surface area contributed by atoms with E-state index in [1.54, 1.807) is 7.11 Å². The molecule has 0 bridgehead atoms. The number of methoxy groups -OCH3 is 1. The number of benzene rings is 1. The minimum atomic E-state index is -0.0834. The lowest BCUT2D eigenvalue weighted by Gasteiger charge is -2.19. The summed E-state index contributed by atoms with van der Waals surface area (Å²) in [5.41, 5.74) is 3.58. The molecule has 0 aliphatic heterocycles. The van der Waals surface area contributed by atoms with Crippen molar-refractivity contribution in [2.75, 3.05) is 20.2 Å². The van der Waals surface area contributed by atoms with Crippen LogP contribution < -0.4 is 20.1 Å². The third kappa shape index (κ3) is 6.41. The van der Waals surface area contributed by atoms with Gasteiger partial charge >= 0.3 is 0 Å². The number of aromatic nitrogens is 2. The summed E-state index contributed by atoms with van der Waals surface area (Å²) in [6.45, 7) is 11.7. The van der Waals surface area contributed by atoms with E-state index in [9.17, 15) is 0 Å². The Hall–Kier alpha value is -2.70. The van der Waals surface area contributed by atoms with Crippen LogP contribution in [-0.4, -0.2) is 48.1 Å². The van der Waals surface area contributed by atoms with Crippen LogP contribution in [0.3, 0.4) is 0 Å². The van der Waals surface area contributed by atoms with E-state index in [1.807, 2.05) is 42.9 Å². The molecule has 0 aliphatic rings. The first kappa shape index (κ1) is 22.6. The van der Waals surface area contributed by atoms with Gasteiger partial charge in [0.05, 0.1) is 19.3 Å². The predicted molar refractivity (Wildman–Crippen MR) is 118 cm³/mol. The van der Waals surface area contributed by atoms with E-state index in [2.05, 4.69) is 43.4 Å². The summed E-state index contributed by atoms with van der Waals surface area (Å²) in [4.78, 5) is 4.70. The van der Waals surface area contributed by atoms with E-state index in [4.69, 9.17) is 14.5 Å². The average molecular weight is 402 g/mol. The van der Waals surface area contributed by atoms with Gasteiger partial charge in [-0.25, -0.2) is 4.99 Å². The third-order valence-electron chi connectivity index (χ3n) is 4.80. The number of hydrogen-bond acceptors (Lipinski definition) is 4. The molecule has 2 atom stereocenters. The number of para-hydroxylation sites is 2. The lowest BCUT2D eigenvalue weighted by atomic mass is 10.1. The predicted octanol–water partition coefficient (Wildman–Crippen LogP) is 3.00. The van der Waals surface area contributed by atoms with Crippen LogP contribution in [0.25, 0.3) is 0 Å². The summed E-state index contributed by atoms with van der Waals surface area (Å²) in [6.07, 6.45) is 0.809. The molecule has 1 heterocycles. The van der Waals surface area contributed by atoms with Crippen molar-refractivity contribution in [1.29, 1.82) is 0 Å². The van der Waals surface area contributed by atoms with Gasteiger partial charge in [-0.3, -0.25) is 4.68 Å². The van der Waals surface area contributed by atoms with Gasteiger partial charge in [0.15, 0.2) is 17.5 Å². The van der Waals surface area contributed by atoms with E-state index < -0.39 is 0 Å². The Morgan fingerprint density at radius 2 is 1.90 bits per heavy atom. The zero-order valence-corrected chi connectivity index (χ0v) is 18.7. The van der Waals surface area contributed by atoms with Crippen molar-refractivity contribution >= 4 is 5.96 Å². The fraction of sp³-hybridized carbons (Fsp3) is 0.545. The molecule has 2 unspecified atom stereocenters. The Bertz CT molecular complexity index is 816. The molecular weight excluding hydrogens is 366 g/mol. The summed E-state index contributed by atoms with van der Waals surface area (Å²) < 4.78 is 13.3. The van der Waals surface area contributed by atoms with Crippen molar-refractivity contribution in [3.05, 3.63) is 41.2 Å². The highest BCUT2D eigenvalue weighted by atomic mass is 16.5. The molecule has 160 valence electrons. The minimum absolute atomic E-state index is 0.0834. The molecule has 0 aliphatic carbocycles. The van der Waals surface area contributed by atoms with E-state index in [0.29, 0.717) is 6.54 Å². The Labute approximate surface area is 174 Å². The number of aliphatic imine (C=N–C) groups is 1. The van der Waals surface area contributed by atoms with Crippen LogP contribution in [0.4, 0.5) is 0 Å². The van der Waals surface area contributed by atoms with Gasteiger partial charge in [0, 0.05) is 25.3 Å². The number of ether oxygens (including phenoxy) is 2. The van der Waals surface area contributed by atoms with Crippen LogP contribution in [0.2, 0.25) is 0 Å². The maximum Gasteiger partial charge on any atom is 0.191 e. The van der Waals surface area contributed by atoms with Gasteiger partial charge in [-0.15, -0.1) is 0 Å². The lowest BCUT2D eigenvalue weighted by molar-refractivity contribution is 0.219. The van der Waals surface area contributed by atoms with Gasteiger partial charge in [0.1, 0.15) is 6.10 Å². The summed E-state index contributed by atoms with van der Waals surface area (Å²) in [6, 6.07) is 7.88. The summed E-state index contributed by atoms with van der Waals surface area (Å²) >= 11 is 0. The first-order valence-electron chi connectivity index (χ1n) is 10.2. The number of aryl methyl sites for hydroxylation is 2. The van der Waals surface area contributed by atoms with Crippen molar-refractivity contribution < 1.29 is 9.47 Å². The summed E-state index contributed by atoms with van der Waals surface area (Å²) in [7, 11) is 3.63. The van der Waals surface area contributed by atoms with Crippen molar-refractivity contribution in [2.45, 2.75) is 53.2 Å². The first-order valence-corrected chi connectivity index (χ1v) is 10.2. The normalized spacial score (nSPS) is 13.7. The first-order chi connectivity index (χ1) is 13.8. The SMILES string of the molecule is CCNC(=NCC(C)Oc1ccccc1OC)NC(C)Cc1c(C)nn(C)c1C. The monoisotopic (exact) mass is 401 g/mol. The largest absolute Gasteiger partial charge is 0.493 e. The zero-order valence-electron chi connectivity index (χ0n) is 18.7. The molecule has 1 aromatic heterocycles. The molecule has 29 heavy (non-hydrogen) atoms. The van der Waals surface area contributed by atoms with Crippen LogP contribution in [0.1, 0.15) is 37.7 Å². The molecule has 0 amide bonds. The molecule has 7 heteroatoms. The smallest absolute Gasteiger partial charge is 0.191 e. The molecule has 0 saturated carbocycles. The third-order valence-corrected chi connectivity index (χ3v) is 4.80. The molecule has 2 aromatic rings. The molecule has 0 spiro atoms. The zero-order chi connectivity index (χ0) is 21.4. The number of guanidine groups is 1. The van der Waals surface area contributed by atoms with Gasteiger partial charge in [0.2, 0.25) is 0 Å².